The fraction of sp³-hybridized carbons (Fsp3) is 0.842. The zero-order chi connectivity index (χ0) is 36.6. The van der Waals surface area contributed by atoms with Crippen LogP contribution in [0.5, 0.6) is 0 Å². The number of cyclic esters (lactones) is 1. The molecule has 7 unspecified atom stereocenters. The van der Waals surface area contributed by atoms with Crippen molar-refractivity contribution in [1.29, 1.82) is 0 Å². The summed E-state index contributed by atoms with van der Waals surface area (Å²) in [5, 5.41) is 44.1. The van der Waals surface area contributed by atoms with E-state index in [-0.39, 0.29) is 30.6 Å². The van der Waals surface area contributed by atoms with Gasteiger partial charge in [0.1, 0.15) is 12.2 Å². The van der Waals surface area contributed by atoms with E-state index in [0.717, 1.165) is 25.2 Å². The lowest BCUT2D eigenvalue weighted by atomic mass is 9.79. The SMILES string of the molecule is CCC1OC(=O)C[C@@H](O)[C@H](C)[C@@H](OC2OC(C)C(O)C(N(C)C)C2O)C(CCN2C[C@H](C)C[C@H](C)C2)C[C@@H](C)C(=O)/C=C/C(C)=C/[C@@H]1CO. The zero-order valence-electron chi connectivity index (χ0n) is 31.4. The summed E-state index contributed by atoms with van der Waals surface area (Å²) in [4.78, 5) is 31.0. The van der Waals surface area contributed by atoms with Crippen molar-refractivity contribution >= 4 is 11.8 Å². The smallest absolute Gasteiger partial charge is 0.308 e. The molecule has 3 rings (SSSR count). The Morgan fingerprint density at radius 3 is 2.22 bits per heavy atom. The molecule has 0 aromatic heterocycles. The van der Waals surface area contributed by atoms with Crippen LogP contribution >= 0.6 is 0 Å². The normalized spacial score (nSPS) is 42.8. The number of esters is 1. The third-order valence-corrected chi connectivity index (χ3v) is 10.9. The second kappa shape index (κ2) is 19.2. The molecule has 0 amide bonds. The summed E-state index contributed by atoms with van der Waals surface area (Å²) in [7, 11) is 3.56. The molecule has 49 heavy (non-hydrogen) atoms. The summed E-state index contributed by atoms with van der Waals surface area (Å²) in [6, 6.07) is -0.655. The van der Waals surface area contributed by atoms with Crippen LogP contribution in [0.1, 0.15) is 80.6 Å². The molecule has 0 aromatic carbocycles. The molecule has 2 fully saturated rings. The highest BCUT2D eigenvalue weighted by Crippen LogP contribution is 2.35. The molecule has 0 aromatic rings. The molecule has 282 valence electrons. The number of likely N-dealkylation sites (tertiary alicyclic amines) is 1. The molecule has 0 saturated carbocycles. The maximum absolute atomic E-state index is 13.6. The van der Waals surface area contributed by atoms with Crippen molar-refractivity contribution in [1.82, 2.24) is 9.80 Å². The third kappa shape index (κ3) is 11.7. The maximum Gasteiger partial charge on any atom is 0.308 e. The number of carbonyl (C=O) groups excluding carboxylic acids is 2. The average molecular weight is 695 g/mol. The summed E-state index contributed by atoms with van der Waals surface area (Å²) in [5.74, 6) is -1.20. The Morgan fingerprint density at radius 2 is 1.63 bits per heavy atom. The van der Waals surface area contributed by atoms with Crippen LogP contribution < -0.4 is 0 Å². The second-order valence-corrected chi connectivity index (χ2v) is 15.7. The van der Waals surface area contributed by atoms with Crippen molar-refractivity contribution in [3.63, 3.8) is 0 Å². The minimum Gasteiger partial charge on any atom is -0.462 e. The quantitative estimate of drug-likeness (QED) is 0.278. The van der Waals surface area contributed by atoms with Crippen LogP contribution in [0.3, 0.4) is 0 Å². The molecule has 0 bridgehead atoms. The molecule has 3 aliphatic rings. The number of ether oxygens (including phenoxy) is 3. The Bertz CT molecular complexity index is 1100. The number of aliphatic hydroxyl groups excluding tert-OH is 4. The fourth-order valence-corrected chi connectivity index (χ4v) is 8.18. The summed E-state index contributed by atoms with van der Waals surface area (Å²) in [6.07, 6.45) is 1.23. The summed E-state index contributed by atoms with van der Waals surface area (Å²) < 4.78 is 18.6. The topological polar surface area (TPSA) is 149 Å². The first-order valence-electron chi connectivity index (χ1n) is 18.5. The highest BCUT2D eigenvalue weighted by atomic mass is 16.7. The van der Waals surface area contributed by atoms with Crippen LogP contribution in [0.4, 0.5) is 0 Å². The first kappa shape index (κ1) is 41.7. The number of piperidine rings is 1. The second-order valence-electron chi connectivity index (χ2n) is 15.7. The van der Waals surface area contributed by atoms with E-state index in [9.17, 15) is 30.0 Å². The average Bonchev–Trinajstić information content (AvgIpc) is 3.03. The maximum atomic E-state index is 13.6. The number of ketones is 1. The van der Waals surface area contributed by atoms with Crippen LogP contribution in [-0.4, -0.2) is 131 Å². The summed E-state index contributed by atoms with van der Waals surface area (Å²) >= 11 is 0. The monoisotopic (exact) mass is 694 g/mol. The van der Waals surface area contributed by atoms with Crippen LogP contribution in [0.15, 0.2) is 23.8 Å². The van der Waals surface area contributed by atoms with E-state index in [0.29, 0.717) is 31.1 Å². The van der Waals surface area contributed by atoms with Gasteiger partial charge in [-0.05, 0) is 84.0 Å². The molecule has 0 radical (unpaired) electrons. The molecule has 14 atom stereocenters. The largest absolute Gasteiger partial charge is 0.462 e. The van der Waals surface area contributed by atoms with E-state index in [2.05, 4.69) is 18.7 Å². The van der Waals surface area contributed by atoms with E-state index in [1.807, 2.05) is 33.8 Å². The van der Waals surface area contributed by atoms with E-state index in [4.69, 9.17) is 14.2 Å². The molecule has 11 nitrogen and oxygen atoms in total. The van der Waals surface area contributed by atoms with Crippen LogP contribution in [0.2, 0.25) is 0 Å². The van der Waals surface area contributed by atoms with Gasteiger partial charge in [-0.3, -0.25) is 9.59 Å². The molecule has 0 spiro atoms. The van der Waals surface area contributed by atoms with Crippen molar-refractivity contribution in [3.8, 4) is 0 Å². The van der Waals surface area contributed by atoms with Crippen LogP contribution in [-0.2, 0) is 23.8 Å². The lowest BCUT2D eigenvalue weighted by Crippen LogP contribution is -2.63. The molecular formula is C38H66N2O9. The first-order chi connectivity index (χ1) is 23.1. The van der Waals surface area contributed by atoms with Gasteiger partial charge in [0.2, 0.25) is 0 Å². The predicted molar refractivity (Wildman–Crippen MR) is 188 cm³/mol. The van der Waals surface area contributed by atoms with E-state index in [1.165, 1.54) is 6.42 Å². The van der Waals surface area contributed by atoms with Gasteiger partial charge in [-0.2, -0.15) is 0 Å². The third-order valence-electron chi connectivity index (χ3n) is 10.9. The van der Waals surface area contributed by atoms with E-state index >= 15 is 0 Å². The van der Waals surface area contributed by atoms with Gasteiger partial charge in [-0.1, -0.05) is 52.3 Å². The minimum absolute atomic E-state index is 0.0469. The number of rotatable bonds is 8. The molecule has 3 heterocycles. The number of likely N-dealkylation sites (N-methyl/N-ethyl adjacent to an activating group) is 1. The van der Waals surface area contributed by atoms with Crippen molar-refractivity contribution in [2.24, 2.45) is 35.5 Å². The first-order valence-corrected chi connectivity index (χ1v) is 18.5. The standard InChI is InChI=1S/C38H66N2O9/c1-10-32-29(21-41)16-22(2)11-12-30(42)25(5)17-28(13-14-40-19-23(3)15-24(4)20-40)37(26(6)31(43)18-33(44)48-32)49-38-36(46)34(39(8)9)35(45)27(7)47-38/h11-12,16,23-29,31-32,34-38,41,43,45-46H,10,13-15,17-21H2,1-9H3/b12-11+,22-16+/t23-,24+,25-,26+,27?,28?,29-,31-,32?,34?,35?,36?,37-,38?/m1/s1. The minimum atomic E-state index is -1.20. The van der Waals surface area contributed by atoms with E-state index < -0.39 is 66.8 Å². The molecule has 2 saturated heterocycles. The van der Waals surface area contributed by atoms with E-state index in [1.54, 1.807) is 38.1 Å². The Labute approximate surface area is 294 Å². The number of nitrogens with zero attached hydrogens (tertiary/aromatic N) is 2. The number of hydrogen-bond acceptors (Lipinski definition) is 11. The van der Waals surface area contributed by atoms with Crippen molar-refractivity contribution in [2.45, 2.75) is 130 Å². The Kier molecular flexibility index (Phi) is 16.4. The molecule has 0 aliphatic carbocycles. The number of carbonyl (C=O) groups is 2. The van der Waals surface area contributed by atoms with Crippen LogP contribution in [0, 0.1) is 35.5 Å². The summed E-state index contributed by atoms with van der Waals surface area (Å²) in [6.45, 7) is 16.2. The van der Waals surface area contributed by atoms with Crippen LogP contribution in [0.25, 0.3) is 0 Å². The Balaban J connectivity index is 2.04. The van der Waals surface area contributed by atoms with Crippen molar-refractivity contribution in [2.75, 3.05) is 40.3 Å². The number of allylic oxidation sites excluding steroid dienone is 3. The Hall–Kier alpha value is -1.70. The van der Waals surface area contributed by atoms with Gasteiger partial charge in [-0.25, -0.2) is 0 Å². The van der Waals surface area contributed by atoms with Gasteiger partial charge in [0.05, 0.1) is 43.5 Å². The van der Waals surface area contributed by atoms with Gasteiger partial charge in [0.25, 0.3) is 0 Å². The number of hydrogen-bond donors (Lipinski definition) is 4. The Morgan fingerprint density at radius 1 is 0.980 bits per heavy atom. The highest BCUT2D eigenvalue weighted by Gasteiger charge is 2.47. The number of aliphatic hydroxyl groups is 4. The molecule has 4 N–H and O–H groups in total. The van der Waals surface area contributed by atoms with Crippen molar-refractivity contribution < 1.29 is 44.2 Å². The van der Waals surface area contributed by atoms with Gasteiger partial charge in [-0.15, -0.1) is 0 Å². The summed E-state index contributed by atoms with van der Waals surface area (Å²) in [5.41, 5.74) is 0.774. The molecule has 3 aliphatic heterocycles. The van der Waals surface area contributed by atoms with Gasteiger partial charge in [0.15, 0.2) is 12.1 Å². The fourth-order valence-electron chi connectivity index (χ4n) is 8.18. The lowest BCUT2D eigenvalue weighted by molar-refractivity contribution is -0.304. The van der Waals surface area contributed by atoms with Gasteiger partial charge >= 0.3 is 5.97 Å². The van der Waals surface area contributed by atoms with Gasteiger partial charge < -0.3 is 44.4 Å². The molecule has 11 heteroatoms. The predicted octanol–water partition coefficient (Wildman–Crippen LogP) is 3.18. The molecular weight excluding hydrogens is 628 g/mol. The highest BCUT2D eigenvalue weighted by molar-refractivity contribution is 5.91. The lowest BCUT2D eigenvalue weighted by Gasteiger charge is -2.47. The van der Waals surface area contributed by atoms with Crippen molar-refractivity contribution in [3.05, 3.63) is 23.8 Å². The van der Waals surface area contributed by atoms with Gasteiger partial charge in [0, 0.05) is 30.8 Å². The zero-order valence-corrected chi connectivity index (χ0v) is 31.4.